The van der Waals surface area contributed by atoms with Gasteiger partial charge in [-0.1, -0.05) is 0 Å². The largest absolute Gasteiger partial charge is 0.371 e. The zero-order valence-electron chi connectivity index (χ0n) is 11.1. The van der Waals surface area contributed by atoms with Gasteiger partial charge in [0.05, 0.1) is 4.11 Å². The molecule has 78 valence electrons. The SMILES string of the molecule is [2H]C([2H])([2H])O[C@@]1(c2nccs2)CCN[C@@H](C)C1. The molecule has 2 heterocycles. The zero-order valence-corrected chi connectivity index (χ0v) is 8.93. The zero-order chi connectivity index (χ0) is 12.5. The number of methoxy groups -OCH3 is 1. The predicted molar refractivity (Wildman–Crippen MR) is 57.5 cm³/mol. The summed E-state index contributed by atoms with van der Waals surface area (Å²) in [5, 5.41) is 5.92. The maximum Gasteiger partial charge on any atom is 0.125 e. The van der Waals surface area contributed by atoms with E-state index in [1.807, 2.05) is 12.3 Å². The number of hydrogen-bond acceptors (Lipinski definition) is 4. The van der Waals surface area contributed by atoms with E-state index in [9.17, 15) is 0 Å². The Morgan fingerprint density at radius 1 is 1.86 bits per heavy atom. The quantitative estimate of drug-likeness (QED) is 0.816. The molecule has 1 aromatic rings. The van der Waals surface area contributed by atoms with Gasteiger partial charge in [-0.15, -0.1) is 11.3 Å². The summed E-state index contributed by atoms with van der Waals surface area (Å²) in [5.41, 5.74) is -0.760. The van der Waals surface area contributed by atoms with Crippen molar-refractivity contribution in [1.82, 2.24) is 10.3 Å². The van der Waals surface area contributed by atoms with E-state index in [1.165, 1.54) is 11.3 Å². The Kier molecular flexibility index (Phi) is 1.96. The molecular weight excluding hydrogens is 196 g/mol. The monoisotopic (exact) mass is 215 g/mol. The van der Waals surface area contributed by atoms with Gasteiger partial charge in [0.1, 0.15) is 10.6 Å². The molecule has 2 rings (SSSR count). The summed E-state index contributed by atoms with van der Waals surface area (Å²) in [4.78, 5) is 4.25. The van der Waals surface area contributed by atoms with Crippen LogP contribution < -0.4 is 5.32 Å². The molecule has 1 fully saturated rings. The minimum atomic E-state index is -2.39. The molecule has 0 aromatic carbocycles. The highest BCUT2D eigenvalue weighted by atomic mass is 32.1. The van der Waals surface area contributed by atoms with E-state index in [2.05, 4.69) is 10.3 Å². The van der Waals surface area contributed by atoms with Crippen LogP contribution in [0.15, 0.2) is 11.6 Å². The molecule has 0 bridgehead atoms. The van der Waals surface area contributed by atoms with Gasteiger partial charge >= 0.3 is 0 Å². The van der Waals surface area contributed by atoms with Crippen molar-refractivity contribution >= 4 is 11.3 Å². The Balaban J connectivity index is 2.29. The van der Waals surface area contributed by atoms with Gasteiger partial charge in [0.25, 0.3) is 0 Å². The van der Waals surface area contributed by atoms with Gasteiger partial charge < -0.3 is 10.1 Å². The summed E-state index contributed by atoms with van der Waals surface area (Å²) in [6.45, 7) is 2.78. The molecule has 2 atom stereocenters. The second kappa shape index (κ2) is 3.96. The number of rotatable bonds is 2. The lowest BCUT2D eigenvalue weighted by molar-refractivity contribution is -0.0488. The molecule has 1 aliphatic rings. The minimum absolute atomic E-state index is 0.231. The fourth-order valence-electron chi connectivity index (χ4n) is 1.97. The smallest absolute Gasteiger partial charge is 0.125 e. The predicted octanol–water partition coefficient (Wildman–Crippen LogP) is 1.76. The summed E-state index contributed by atoms with van der Waals surface area (Å²) in [6, 6.07) is 0.231. The van der Waals surface area contributed by atoms with Crippen molar-refractivity contribution in [1.29, 1.82) is 0 Å². The topological polar surface area (TPSA) is 34.1 Å². The number of thiazole rings is 1. The van der Waals surface area contributed by atoms with Crippen LogP contribution in [0, 0.1) is 0 Å². The van der Waals surface area contributed by atoms with Gasteiger partial charge in [-0.2, -0.15) is 0 Å². The Labute approximate surface area is 92.7 Å². The Hall–Kier alpha value is -0.450. The molecule has 3 nitrogen and oxygen atoms in total. The van der Waals surface area contributed by atoms with E-state index in [0.29, 0.717) is 12.8 Å². The van der Waals surface area contributed by atoms with Crippen LogP contribution in [0.3, 0.4) is 0 Å². The molecule has 1 aliphatic heterocycles. The van der Waals surface area contributed by atoms with E-state index < -0.39 is 12.6 Å². The molecule has 1 aromatic heterocycles. The van der Waals surface area contributed by atoms with Gasteiger partial charge in [0, 0.05) is 24.7 Å². The average Bonchev–Trinajstić information content (AvgIpc) is 2.67. The van der Waals surface area contributed by atoms with E-state index in [-0.39, 0.29) is 6.04 Å². The lowest BCUT2D eigenvalue weighted by atomic mass is 9.88. The molecule has 0 saturated carbocycles. The summed E-state index contributed by atoms with van der Waals surface area (Å²) in [6.07, 6.45) is 2.97. The molecule has 4 heteroatoms. The fraction of sp³-hybridized carbons (Fsp3) is 0.700. The van der Waals surface area contributed by atoms with Gasteiger partial charge in [0.15, 0.2) is 0 Å². The summed E-state index contributed by atoms with van der Waals surface area (Å²) >= 11 is 1.46. The molecule has 1 N–H and O–H groups in total. The highest BCUT2D eigenvalue weighted by Crippen LogP contribution is 2.36. The first-order chi connectivity index (χ1) is 7.91. The van der Waals surface area contributed by atoms with Crippen molar-refractivity contribution in [2.75, 3.05) is 13.6 Å². The van der Waals surface area contributed by atoms with Crippen LogP contribution in [0.1, 0.15) is 28.9 Å². The lowest BCUT2D eigenvalue weighted by Gasteiger charge is -2.37. The first-order valence-corrected chi connectivity index (χ1v) is 5.63. The van der Waals surface area contributed by atoms with Crippen molar-refractivity contribution in [3.8, 4) is 0 Å². The van der Waals surface area contributed by atoms with E-state index in [1.54, 1.807) is 6.20 Å². The number of piperidine rings is 1. The molecule has 1 saturated heterocycles. The highest BCUT2D eigenvalue weighted by Gasteiger charge is 2.38. The molecule has 14 heavy (non-hydrogen) atoms. The lowest BCUT2D eigenvalue weighted by Crippen LogP contribution is -2.46. The Bertz CT molecular complexity index is 368. The van der Waals surface area contributed by atoms with Gasteiger partial charge in [-0.25, -0.2) is 4.98 Å². The molecule has 0 spiro atoms. The maximum absolute atomic E-state index is 7.33. The maximum atomic E-state index is 7.33. The Morgan fingerprint density at radius 2 is 2.79 bits per heavy atom. The first kappa shape index (κ1) is 6.93. The van der Waals surface area contributed by atoms with Gasteiger partial charge in [-0.3, -0.25) is 0 Å². The minimum Gasteiger partial charge on any atom is -0.371 e. The summed E-state index contributed by atoms with van der Waals surface area (Å²) in [7, 11) is -2.39. The Morgan fingerprint density at radius 3 is 3.43 bits per heavy atom. The van der Waals surface area contributed by atoms with Crippen LogP contribution in [0.2, 0.25) is 0 Å². The number of aromatic nitrogens is 1. The molecule has 0 amide bonds. The van der Waals surface area contributed by atoms with Crippen molar-refractivity contribution in [3.05, 3.63) is 16.6 Å². The normalized spacial score (nSPS) is 37.2. The second-order valence-corrected chi connectivity index (χ2v) is 4.64. The third-order valence-corrected chi connectivity index (χ3v) is 3.63. The van der Waals surface area contributed by atoms with Crippen LogP contribution in [0.25, 0.3) is 0 Å². The number of hydrogen-bond donors (Lipinski definition) is 1. The standard InChI is InChI=1S/C10H16N2OS/c1-8-7-10(13-2,3-4-11-8)9-12-5-6-14-9/h5-6,8,11H,3-4,7H2,1-2H3/t8-,10-/m0/s1/i2D3. The molecule has 0 radical (unpaired) electrons. The van der Waals surface area contributed by atoms with Crippen molar-refractivity contribution in [2.45, 2.75) is 31.4 Å². The molecular formula is C10H16N2OS. The summed E-state index contributed by atoms with van der Waals surface area (Å²) < 4.78 is 27.4. The van der Waals surface area contributed by atoms with Crippen molar-refractivity contribution in [3.63, 3.8) is 0 Å². The van der Waals surface area contributed by atoms with Crippen molar-refractivity contribution < 1.29 is 8.85 Å². The fourth-order valence-corrected chi connectivity index (χ4v) is 2.78. The van der Waals surface area contributed by atoms with Crippen LogP contribution in [0.5, 0.6) is 0 Å². The van der Waals surface area contributed by atoms with Crippen LogP contribution in [-0.4, -0.2) is 24.6 Å². The third kappa shape index (κ3) is 1.69. The van der Waals surface area contributed by atoms with Crippen molar-refractivity contribution in [2.24, 2.45) is 0 Å². The molecule has 0 unspecified atom stereocenters. The first-order valence-electron chi connectivity index (χ1n) is 6.25. The molecule has 0 aliphatic carbocycles. The van der Waals surface area contributed by atoms with Crippen LogP contribution >= 0.6 is 11.3 Å². The van der Waals surface area contributed by atoms with Gasteiger partial charge in [0.2, 0.25) is 0 Å². The van der Waals surface area contributed by atoms with Gasteiger partial charge in [-0.05, 0) is 26.3 Å². The second-order valence-electron chi connectivity index (χ2n) is 3.74. The average molecular weight is 215 g/mol. The number of nitrogens with one attached hydrogen (secondary N) is 1. The van der Waals surface area contributed by atoms with E-state index >= 15 is 0 Å². The number of ether oxygens (including phenoxy) is 1. The number of nitrogens with zero attached hydrogens (tertiary/aromatic N) is 1. The summed E-state index contributed by atoms with van der Waals surface area (Å²) in [5.74, 6) is 0. The van der Waals surface area contributed by atoms with E-state index in [0.717, 1.165) is 11.6 Å². The third-order valence-electron chi connectivity index (χ3n) is 2.68. The van der Waals surface area contributed by atoms with Crippen LogP contribution in [-0.2, 0) is 10.3 Å². The van der Waals surface area contributed by atoms with Crippen LogP contribution in [0.4, 0.5) is 0 Å². The van der Waals surface area contributed by atoms with E-state index in [4.69, 9.17) is 8.85 Å². The highest BCUT2D eigenvalue weighted by molar-refractivity contribution is 7.09.